The minimum atomic E-state index is 0.228. The van der Waals surface area contributed by atoms with Crippen molar-refractivity contribution in [3.8, 4) is 0 Å². The third kappa shape index (κ3) is 3.07. The number of amides is 1. The van der Waals surface area contributed by atoms with E-state index in [9.17, 15) is 4.79 Å². The molecule has 1 N–H and O–H groups in total. The highest BCUT2D eigenvalue weighted by Gasteiger charge is 2.27. The van der Waals surface area contributed by atoms with Crippen molar-refractivity contribution in [2.24, 2.45) is 0 Å². The van der Waals surface area contributed by atoms with Gasteiger partial charge in [-0.3, -0.25) is 4.79 Å². The summed E-state index contributed by atoms with van der Waals surface area (Å²) >= 11 is 0. The summed E-state index contributed by atoms with van der Waals surface area (Å²) in [7, 11) is 1.82. The summed E-state index contributed by atoms with van der Waals surface area (Å²) in [4.78, 5) is 13.9. The lowest BCUT2D eigenvalue weighted by atomic mass is 10.0. The van der Waals surface area contributed by atoms with Crippen LogP contribution in [0.4, 0.5) is 0 Å². The van der Waals surface area contributed by atoms with Gasteiger partial charge in [0, 0.05) is 12.6 Å². The van der Waals surface area contributed by atoms with Crippen LogP contribution < -0.4 is 5.32 Å². The molecule has 1 heterocycles. The Morgan fingerprint density at radius 3 is 2.88 bits per heavy atom. The van der Waals surface area contributed by atoms with E-state index in [2.05, 4.69) is 29.6 Å². The maximum atomic E-state index is 11.9. The van der Waals surface area contributed by atoms with E-state index in [1.54, 1.807) is 0 Å². The summed E-state index contributed by atoms with van der Waals surface area (Å²) in [5, 5.41) is 2.94. The molecule has 1 atom stereocenters. The molecule has 0 aliphatic carbocycles. The van der Waals surface area contributed by atoms with Crippen LogP contribution in [0.15, 0.2) is 30.3 Å². The average Bonchev–Trinajstić information content (AvgIpc) is 2.79. The van der Waals surface area contributed by atoms with Crippen molar-refractivity contribution >= 4 is 5.91 Å². The van der Waals surface area contributed by atoms with Crippen molar-refractivity contribution in [1.82, 2.24) is 10.2 Å². The van der Waals surface area contributed by atoms with Gasteiger partial charge in [0.25, 0.3) is 0 Å². The predicted molar refractivity (Wildman–Crippen MR) is 68.8 cm³/mol. The molecule has 92 valence electrons. The molecule has 1 unspecified atom stereocenters. The van der Waals surface area contributed by atoms with Gasteiger partial charge < -0.3 is 10.2 Å². The molecule has 1 saturated heterocycles. The first-order chi connectivity index (χ1) is 8.31. The van der Waals surface area contributed by atoms with Crippen molar-refractivity contribution in [3.63, 3.8) is 0 Å². The number of hydrogen-bond donors (Lipinski definition) is 1. The average molecular weight is 232 g/mol. The van der Waals surface area contributed by atoms with Crippen LogP contribution in [0.3, 0.4) is 0 Å². The molecule has 1 amide bonds. The molecule has 17 heavy (non-hydrogen) atoms. The highest BCUT2D eigenvalue weighted by molar-refractivity contribution is 5.78. The molecular weight excluding hydrogens is 212 g/mol. The van der Waals surface area contributed by atoms with Gasteiger partial charge in [0.2, 0.25) is 5.91 Å². The van der Waals surface area contributed by atoms with E-state index in [1.165, 1.54) is 5.56 Å². The van der Waals surface area contributed by atoms with E-state index < -0.39 is 0 Å². The lowest BCUT2D eigenvalue weighted by Gasteiger charge is -2.24. The second kappa shape index (κ2) is 5.82. The van der Waals surface area contributed by atoms with Crippen LogP contribution in [-0.4, -0.2) is 37.0 Å². The van der Waals surface area contributed by atoms with Crippen molar-refractivity contribution in [3.05, 3.63) is 35.9 Å². The second-order valence-corrected chi connectivity index (χ2v) is 4.60. The zero-order valence-electron chi connectivity index (χ0n) is 10.4. The van der Waals surface area contributed by atoms with Gasteiger partial charge in [-0.25, -0.2) is 0 Å². The summed E-state index contributed by atoms with van der Waals surface area (Å²) in [5.41, 5.74) is 1.32. The van der Waals surface area contributed by atoms with Gasteiger partial charge in [0.15, 0.2) is 0 Å². The number of carbonyl (C=O) groups excluding carboxylic acids is 1. The smallest absolute Gasteiger partial charge is 0.236 e. The van der Waals surface area contributed by atoms with Crippen molar-refractivity contribution < 1.29 is 4.79 Å². The number of likely N-dealkylation sites (N-methyl/N-ethyl adjacent to an activating group) is 1. The third-order valence-electron chi connectivity index (χ3n) is 3.34. The quantitative estimate of drug-likeness (QED) is 0.852. The van der Waals surface area contributed by atoms with Crippen LogP contribution in [0.2, 0.25) is 0 Å². The molecule has 1 aromatic carbocycles. The summed E-state index contributed by atoms with van der Waals surface area (Å²) in [5.74, 6) is 0.228. The number of benzene rings is 1. The predicted octanol–water partition coefficient (Wildman–Crippen LogP) is 1.44. The Bertz CT molecular complexity index is 364. The number of nitrogens with one attached hydrogen (secondary N) is 1. The molecule has 1 aliphatic heterocycles. The number of rotatable bonds is 4. The number of carbonyl (C=O) groups is 1. The van der Waals surface area contributed by atoms with Gasteiger partial charge in [-0.1, -0.05) is 30.3 Å². The van der Waals surface area contributed by atoms with Crippen molar-refractivity contribution in [1.29, 1.82) is 0 Å². The molecule has 0 spiro atoms. The molecular formula is C14H20N2O. The number of likely N-dealkylation sites (tertiary alicyclic amines) is 1. The Balaban J connectivity index is 1.98. The summed E-state index contributed by atoms with van der Waals surface area (Å²) in [6, 6.07) is 10.8. The molecule has 1 aromatic rings. The van der Waals surface area contributed by atoms with Crippen LogP contribution in [0, 0.1) is 0 Å². The van der Waals surface area contributed by atoms with E-state index in [-0.39, 0.29) is 5.91 Å². The zero-order chi connectivity index (χ0) is 12.1. The first-order valence-electron chi connectivity index (χ1n) is 6.29. The first kappa shape index (κ1) is 12.1. The highest BCUT2D eigenvalue weighted by atomic mass is 16.2. The Morgan fingerprint density at radius 1 is 1.41 bits per heavy atom. The molecule has 1 fully saturated rings. The Kier molecular flexibility index (Phi) is 4.15. The molecule has 1 aliphatic rings. The van der Waals surface area contributed by atoms with Crippen molar-refractivity contribution in [2.45, 2.75) is 25.3 Å². The lowest BCUT2D eigenvalue weighted by molar-refractivity contribution is -0.130. The summed E-state index contributed by atoms with van der Waals surface area (Å²) < 4.78 is 0. The fraction of sp³-hybridized carbons (Fsp3) is 0.500. The standard InChI is InChI=1S/C14H20N2O/c1-15-11-14(17)16-9-5-8-13(16)10-12-6-3-2-4-7-12/h2-4,6-7,13,15H,5,8-11H2,1H3. The molecule has 3 nitrogen and oxygen atoms in total. The van der Waals surface area contributed by atoms with Gasteiger partial charge in [0.05, 0.1) is 6.54 Å². The molecule has 2 rings (SSSR count). The van der Waals surface area contributed by atoms with Crippen LogP contribution in [0.5, 0.6) is 0 Å². The topological polar surface area (TPSA) is 32.3 Å². The van der Waals surface area contributed by atoms with E-state index in [1.807, 2.05) is 18.0 Å². The molecule has 3 heteroatoms. The monoisotopic (exact) mass is 232 g/mol. The normalized spacial score (nSPS) is 19.6. The molecule has 0 radical (unpaired) electrons. The minimum Gasteiger partial charge on any atom is -0.338 e. The van der Waals surface area contributed by atoms with Gasteiger partial charge in [-0.2, -0.15) is 0 Å². The number of nitrogens with zero attached hydrogens (tertiary/aromatic N) is 1. The highest BCUT2D eigenvalue weighted by Crippen LogP contribution is 2.21. The van der Waals surface area contributed by atoms with Crippen LogP contribution in [0.1, 0.15) is 18.4 Å². The fourth-order valence-electron chi connectivity index (χ4n) is 2.52. The molecule has 0 saturated carbocycles. The SMILES string of the molecule is CNCC(=O)N1CCCC1Cc1ccccc1. The van der Waals surface area contributed by atoms with Crippen LogP contribution in [-0.2, 0) is 11.2 Å². The number of hydrogen-bond acceptors (Lipinski definition) is 2. The van der Waals surface area contributed by atoms with Gasteiger partial charge in [-0.15, -0.1) is 0 Å². The molecule has 0 bridgehead atoms. The Labute approximate surface area is 103 Å². The second-order valence-electron chi connectivity index (χ2n) is 4.60. The van der Waals surface area contributed by atoms with E-state index >= 15 is 0 Å². The van der Waals surface area contributed by atoms with Crippen LogP contribution >= 0.6 is 0 Å². The Hall–Kier alpha value is -1.35. The zero-order valence-corrected chi connectivity index (χ0v) is 10.4. The van der Waals surface area contributed by atoms with Gasteiger partial charge >= 0.3 is 0 Å². The molecule has 0 aromatic heterocycles. The Morgan fingerprint density at radius 2 is 2.18 bits per heavy atom. The van der Waals surface area contributed by atoms with Crippen LogP contribution in [0.25, 0.3) is 0 Å². The third-order valence-corrected chi connectivity index (χ3v) is 3.34. The van der Waals surface area contributed by atoms with E-state index in [0.717, 1.165) is 25.8 Å². The maximum Gasteiger partial charge on any atom is 0.236 e. The van der Waals surface area contributed by atoms with Gasteiger partial charge in [-0.05, 0) is 31.9 Å². The van der Waals surface area contributed by atoms with E-state index in [0.29, 0.717) is 12.6 Å². The summed E-state index contributed by atoms with van der Waals surface area (Å²) in [6.45, 7) is 1.36. The summed E-state index contributed by atoms with van der Waals surface area (Å²) in [6.07, 6.45) is 3.24. The van der Waals surface area contributed by atoms with Crippen molar-refractivity contribution in [2.75, 3.05) is 20.1 Å². The minimum absolute atomic E-state index is 0.228. The fourth-order valence-corrected chi connectivity index (χ4v) is 2.52. The van der Waals surface area contributed by atoms with Gasteiger partial charge in [0.1, 0.15) is 0 Å². The lowest BCUT2D eigenvalue weighted by Crippen LogP contribution is -2.41. The maximum absolute atomic E-state index is 11.9. The largest absolute Gasteiger partial charge is 0.338 e. The first-order valence-corrected chi connectivity index (χ1v) is 6.29. The van der Waals surface area contributed by atoms with E-state index in [4.69, 9.17) is 0 Å².